The zero-order valence-electron chi connectivity index (χ0n) is 15.4. The number of fused-ring (bicyclic) bond motifs is 1. The molecule has 1 N–H and O–H groups in total. The molecule has 138 valence electrons. The van der Waals surface area contributed by atoms with E-state index in [0.717, 1.165) is 36.6 Å². The molecule has 1 amide bonds. The molecule has 0 radical (unpaired) electrons. The zero-order chi connectivity index (χ0) is 17.6. The molecule has 2 aliphatic rings. The third kappa shape index (κ3) is 4.88. The number of carbonyl (C=O) groups excluding carboxylic acids is 1. The van der Waals surface area contributed by atoms with Gasteiger partial charge in [0.1, 0.15) is 0 Å². The molecule has 5 heteroatoms. The second kappa shape index (κ2) is 8.56. The van der Waals surface area contributed by atoms with Crippen molar-refractivity contribution in [2.24, 2.45) is 5.92 Å². The number of hydrogen-bond donors (Lipinski definition) is 1. The highest BCUT2D eigenvalue weighted by Crippen LogP contribution is 2.34. The maximum absolute atomic E-state index is 12.5. The van der Waals surface area contributed by atoms with Crippen molar-refractivity contribution in [3.05, 3.63) is 23.8 Å². The Bertz CT molecular complexity index is 582. The number of ether oxygens (including phenoxy) is 2. The normalized spacial score (nSPS) is 19.3. The minimum absolute atomic E-state index is 0.0190. The second-order valence-electron chi connectivity index (χ2n) is 7.38. The predicted octanol–water partition coefficient (Wildman–Crippen LogP) is 3.15. The van der Waals surface area contributed by atoms with Crippen LogP contribution in [0.2, 0.25) is 0 Å². The summed E-state index contributed by atoms with van der Waals surface area (Å²) in [5.74, 6) is 1.98. The fourth-order valence-electron chi connectivity index (χ4n) is 3.55. The highest BCUT2D eigenvalue weighted by Gasteiger charge is 2.22. The summed E-state index contributed by atoms with van der Waals surface area (Å²) in [5, 5.41) is 3.23. The van der Waals surface area contributed by atoms with Gasteiger partial charge in [0.05, 0.1) is 25.8 Å². The summed E-state index contributed by atoms with van der Waals surface area (Å²) in [6, 6.07) is 6.00. The number of hydrogen-bond acceptors (Lipinski definition) is 4. The highest BCUT2D eigenvalue weighted by atomic mass is 16.5. The van der Waals surface area contributed by atoms with Crippen LogP contribution in [0.5, 0.6) is 11.5 Å². The zero-order valence-corrected chi connectivity index (χ0v) is 15.4. The van der Waals surface area contributed by atoms with E-state index in [9.17, 15) is 4.79 Å². The molecule has 5 nitrogen and oxygen atoms in total. The smallest absolute Gasteiger partial charge is 0.234 e. The molecule has 1 aromatic carbocycles. The van der Waals surface area contributed by atoms with Crippen molar-refractivity contribution in [2.75, 3.05) is 32.8 Å². The van der Waals surface area contributed by atoms with Gasteiger partial charge in [-0.2, -0.15) is 0 Å². The Morgan fingerprint density at radius 2 is 1.80 bits per heavy atom. The van der Waals surface area contributed by atoms with Crippen LogP contribution >= 0.6 is 0 Å². The van der Waals surface area contributed by atoms with Gasteiger partial charge in [0.25, 0.3) is 0 Å². The van der Waals surface area contributed by atoms with E-state index in [4.69, 9.17) is 9.47 Å². The number of amides is 1. The predicted molar refractivity (Wildman–Crippen MR) is 98.1 cm³/mol. The van der Waals surface area contributed by atoms with Crippen molar-refractivity contribution >= 4 is 5.91 Å². The second-order valence-corrected chi connectivity index (χ2v) is 7.38. The lowest BCUT2D eigenvalue weighted by atomic mass is 9.95. The third-order valence-corrected chi connectivity index (χ3v) is 4.93. The van der Waals surface area contributed by atoms with Gasteiger partial charge in [-0.15, -0.1) is 0 Å². The van der Waals surface area contributed by atoms with Gasteiger partial charge in [0.2, 0.25) is 5.91 Å². The van der Waals surface area contributed by atoms with Gasteiger partial charge in [0.15, 0.2) is 11.5 Å². The van der Waals surface area contributed by atoms with Crippen LogP contribution < -0.4 is 14.8 Å². The number of carbonyl (C=O) groups is 1. The molecule has 0 aliphatic carbocycles. The van der Waals surface area contributed by atoms with Crippen LogP contribution in [0.1, 0.15) is 51.1 Å². The molecule has 2 heterocycles. The van der Waals surface area contributed by atoms with Gasteiger partial charge >= 0.3 is 0 Å². The molecule has 0 unspecified atom stereocenters. The molecular weight excluding hydrogens is 316 g/mol. The number of nitrogens with one attached hydrogen (secondary N) is 1. The molecule has 1 fully saturated rings. The van der Waals surface area contributed by atoms with Crippen molar-refractivity contribution in [2.45, 2.75) is 45.6 Å². The Labute approximate surface area is 150 Å². The van der Waals surface area contributed by atoms with Crippen molar-refractivity contribution < 1.29 is 14.3 Å². The summed E-state index contributed by atoms with van der Waals surface area (Å²) < 4.78 is 11.5. The highest BCUT2D eigenvalue weighted by molar-refractivity contribution is 5.78. The molecule has 0 saturated carbocycles. The average Bonchev–Trinajstić information content (AvgIpc) is 2.85. The summed E-state index contributed by atoms with van der Waals surface area (Å²) in [4.78, 5) is 14.8. The van der Waals surface area contributed by atoms with Crippen molar-refractivity contribution in [3.8, 4) is 11.5 Å². The van der Waals surface area contributed by atoms with Gasteiger partial charge in [0, 0.05) is 6.42 Å². The Morgan fingerprint density at radius 1 is 1.08 bits per heavy atom. The van der Waals surface area contributed by atoms with Crippen LogP contribution in [-0.2, 0) is 4.79 Å². The maximum Gasteiger partial charge on any atom is 0.234 e. The molecule has 1 atom stereocenters. The molecule has 3 rings (SSSR count). The van der Waals surface area contributed by atoms with Gasteiger partial charge < -0.3 is 14.8 Å². The van der Waals surface area contributed by atoms with Crippen LogP contribution in [0.4, 0.5) is 0 Å². The van der Waals surface area contributed by atoms with Crippen molar-refractivity contribution in [3.63, 3.8) is 0 Å². The van der Waals surface area contributed by atoms with E-state index in [1.807, 2.05) is 18.2 Å². The Balaban J connectivity index is 1.68. The monoisotopic (exact) mass is 346 g/mol. The van der Waals surface area contributed by atoms with Gasteiger partial charge in [-0.25, -0.2) is 0 Å². The van der Waals surface area contributed by atoms with Gasteiger partial charge in [-0.3, -0.25) is 9.69 Å². The van der Waals surface area contributed by atoms with Crippen LogP contribution in [0.3, 0.4) is 0 Å². The lowest BCUT2D eigenvalue weighted by Gasteiger charge is -2.28. The van der Waals surface area contributed by atoms with E-state index in [1.165, 1.54) is 19.3 Å². The number of rotatable bonds is 5. The molecule has 0 bridgehead atoms. The van der Waals surface area contributed by atoms with E-state index in [1.54, 1.807) is 0 Å². The van der Waals surface area contributed by atoms with E-state index in [0.29, 0.717) is 25.7 Å². The quantitative estimate of drug-likeness (QED) is 0.890. The topological polar surface area (TPSA) is 50.8 Å². The fourth-order valence-corrected chi connectivity index (χ4v) is 3.55. The number of piperidine rings is 1. The Hall–Kier alpha value is -1.75. The number of benzene rings is 1. The Kier molecular flexibility index (Phi) is 6.19. The van der Waals surface area contributed by atoms with Crippen LogP contribution in [-0.4, -0.2) is 43.7 Å². The number of nitrogens with zero attached hydrogens (tertiary/aromatic N) is 1. The van der Waals surface area contributed by atoms with Crippen LogP contribution in [0.25, 0.3) is 0 Å². The van der Waals surface area contributed by atoms with Gasteiger partial charge in [-0.05, 0) is 49.5 Å². The lowest BCUT2D eigenvalue weighted by Crippen LogP contribution is -2.42. The minimum atomic E-state index is -0.0190. The molecular formula is C20H30N2O3. The molecule has 2 aliphatic heterocycles. The first kappa shape index (κ1) is 18.1. The standard InChI is InChI=1S/C20H30N2O3/c1-15(2)20(21-19(23)14-22-9-4-3-5-10-22)16-7-8-17-18(13-16)25-12-6-11-24-17/h7-8,13,15,20H,3-6,9-12,14H2,1-2H3,(H,21,23)/t20-/m0/s1. The summed E-state index contributed by atoms with van der Waals surface area (Å²) in [5.41, 5.74) is 1.08. The molecule has 25 heavy (non-hydrogen) atoms. The summed E-state index contributed by atoms with van der Waals surface area (Å²) in [6.45, 7) is 8.18. The first-order valence-electron chi connectivity index (χ1n) is 9.55. The van der Waals surface area contributed by atoms with E-state index in [2.05, 4.69) is 24.1 Å². The molecule has 0 spiro atoms. The average molecular weight is 346 g/mol. The molecule has 1 saturated heterocycles. The van der Waals surface area contributed by atoms with Crippen molar-refractivity contribution in [1.82, 2.24) is 10.2 Å². The van der Waals surface area contributed by atoms with Crippen molar-refractivity contribution in [1.29, 1.82) is 0 Å². The summed E-state index contributed by atoms with van der Waals surface area (Å²) >= 11 is 0. The summed E-state index contributed by atoms with van der Waals surface area (Å²) in [6.07, 6.45) is 4.57. The molecule has 0 aromatic heterocycles. The van der Waals surface area contributed by atoms with Gasteiger partial charge in [-0.1, -0.05) is 26.3 Å². The maximum atomic E-state index is 12.5. The Morgan fingerprint density at radius 3 is 2.52 bits per heavy atom. The summed E-state index contributed by atoms with van der Waals surface area (Å²) in [7, 11) is 0. The fraction of sp³-hybridized carbons (Fsp3) is 0.650. The van der Waals surface area contributed by atoms with Crippen LogP contribution in [0.15, 0.2) is 18.2 Å². The van der Waals surface area contributed by atoms with E-state index in [-0.39, 0.29) is 11.9 Å². The third-order valence-electron chi connectivity index (χ3n) is 4.93. The van der Waals surface area contributed by atoms with E-state index < -0.39 is 0 Å². The lowest BCUT2D eigenvalue weighted by molar-refractivity contribution is -0.123. The number of likely N-dealkylation sites (tertiary alicyclic amines) is 1. The SMILES string of the molecule is CC(C)[C@H](NC(=O)CN1CCCCC1)c1ccc2c(c1)OCCCO2. The molecule has 1 aromatic rings. The minimum Gasteiger partial charge on any atom is -0.490 e. The first-order valence-corrected chi connectivity index (χ1v) is 9.55. The largest absolute Gasteiger partial charge is 0.490 e. The first-order chi connectivity index (χ1) is 12.1. The van der Waals surface area contributed by atoms with E-state index >= 15 is 0 Å². The van der Waals surface area contributed by atoms with Crippen LogP contribution in [0, 0.1) is 5.92 Å².